The van der Waals surface area contributed by atoms with Gasteiger partial charge < -0.3 is 9.42 Å². The Labute approximate surface area is 142 Å². The van der Waals surface area contributed by atoms with Gasteiger partial charge in [-0.2, -0.15) is 4.98 Å². The Balaban J connectivity index is 1.73. The van der Waals surface area contributed by atoms with Crippen molar-refractivity contribution in [3.63, 3.8) is 0 Å². The highest BCUT2D eigenvalue weighted by Gasteiger charge is 2.30. The van der Waals surface area contributed by atoms with Crippen LogP contribution in [-0.4, -0.2) is 39.0 Å². The van der Waals surface area contributed by atoms with E-state index in [1.165, 1.54) is 18.2 Å². The zero-order valence-corrected chi connectivity index (χ0v) is 13.7. The van der Waals surface area contributed by atoms with E-state index in [0.717, 1.165) is 0 Å². The number of likely N-dealkylation sites (tertiary alicyclic amines) is 1. The first-order chi connectivity index (χ1) is 11.5. The number of aromatic nitrogens is 2. The smallest absolute Gasteiger partial charge is 0.283 e. The molecule has 1 aromatic carbocycles. The number of carbonyl (C=O) groups is 1. The first-order valence-electron chi connectivity index (χ1n) is 7.49. The predicted molar refractivity (Wildman–Crippen MR) is 85.0 cm³/mol. The summed E-state index contributed by atoms with van der Waals surface area (Å²) in [6.45, 7) is 2.71. The molecule has 3 rings (SSSR count). The molecule has 0 radical (unpaired) electrons. The van der Waals surface area contributed by atoms with E-state index in [4.69, 9.17) is 16.1 Å². The van der Waals surface area contributed by atoms with Gasteiger partial charge >= 0.3 is 0 Å². The molecule has 0 unspecified atom stereocenters. The lowest BCUT2D eigenvalue weighted by atomic mass is 9.96. The molecule has 0 spiro atoms. The minimum Gasteiger partial charge on any atom is -0.339 e. The van der Waals surface area contributed by atoms with Crippen molar-refractivity contribution in [2.24, 2.45) is 0 Å². The van der Waals surface area contributed by atoms with Crippen molar-refractivity contribution in [2.45, 2.75) is 25.7 Å². The van der Waals surface area contributed by atoms with Crippen molar-refractivity contribution in [3.05, 3.63) is 50.6 Å². The number of aryl methyl sites for hydroxylation is 1. The van der Waals surface area contributed by atoms with Gasteiger partial charge in [-0.25, -0.2) is 0 Å². The SMILES string of the molecule is Cc1noc(C2CCN(C(=O)c3ccc(Cl)cc3[N+](=O)[O-])CC2)n1. The highest BCUT2D eigenvalue weighted by molar-refractivity contribution is 6.31. The van der Waals surface area contributed by atoms with E-state index in [1.54, 1.807) is 11.8 Å². The maximum absolute atomic E-state index is 12.6. The van der Waals surface area contributed by atoms with E-state index in [9.17, 15) is 14.9 Å². The van der Waals surface area contributed by atoms with Gasteiger partial charge in [-0.3, -0.25) is 14.9 Å². The Morgan fingerprint density at radius 3 is 2.71 bits per heavy atom. The van der Waals surface area contributed by atoms with Crippen molar-refractivity contribution in [1.82, 2.24) is 15.0 Å². The number of nitrogens with zero attached hydrogens (tertiary/aromatic N) is 4. The van der Waals surface area contributed by atoms with E-state index in [0.29, 0.717) is 37.6 Å². The lowest BCUT2D eigenvalue weighted by Crippen LogP contribution is -2.38. The highest BCUT2D eigenvalue weighted by Crippen LogP contribution is 2.29. The summed E-state index contributed by atoms with van der Waals surface area (Å²) < 4.78 is 5.18. The highest BCUT2D eigenvalue weighted by atomic mass is 35.5. The van der Waals surface area contributed by atoms with Crippen molar-refractivity contribution in [3.8, 4) is 0 Å². The third-order valence-electron chi connectivity index (χ3n) is 4.06. The maximum atomic E-state index is 12.6. The lowest BCUT2D eigenvalue weighted by Gasteiger charge is -2.30. The minimum atomic E-state index is -0.590. The molecule has 0 saturated carbocycles. The van der Waals surface area contributed by atoms with Crippen LogP contribution in [0.4, 0.5) is 5.69 Å². The van der Waals surface area contributed by atoms with Crippen molar-refractivity contribution in [1.29, 1.82) is 0 Å². The van der Waals surface area contributed by atoms with Gasteiger partial charge in [0.15, 0.2) is 5.82 Å². The van der Waals surface area contributed by atoms with Crippen molar-refractivity contribution >= 4 is 23.2 Å². The fraction of sp³-hybridized carbons (Fsp3) is 0.400. The second-order valence-electron chi connectivity index (χ2n) is 5.66. The number of carbonyl (C=O) groups excluding carboxylic acids is 1. The normalized spacial score (nSPS) is 15.5. The maximum Gasteiger partial charge on any atom is 0.283 e. The van der Waals surface area contributed by atoms with Crippen molar-refractivity contribution in [2.75, 3.05) is 13.1 Å². The summed E-state index contributed by atoms with van der Waals surface area (Å²) in [4.78, 5) is 29.0. The zero-order chi connectivity index (χ0) is 17.3. The number of piperidine rings is 1. The Morgan fingerprint density at radius 1 is 1.42 bits per heavy atom. The molecule has 2 heterocycles. The molecule has 1 aliphatic heterocycles. The summed E-state index contributed by atoms with van der Waals surface area (Å²) in [6, 6.07) is 4.08. The monoisotopic (exact) mass is 350 g/mol. The zero-order valence-electron chi connectivity index (χ0n) is 12.9. The molecule has 1 amide bonds. The number of nitro groups is 1. The molecule has 1 aliphatic rings. The van der Waals surface area contributed by atoms with Crippen LogP contribution in [0.5, 0.6) is 0 Å². The molecule has 8 nitrogen and oxygen atoms in total. The molecule has 0 bridgehead atoms. The van der Waals surface area contributed by atoms with Gasteiger partial charge in [-0.05, 0) is 31.9 Å². The molecule has 1 aromatic heterocycles. The number of hydrogen-bond acceptors (Lipinski definition) is 6. The van der Waals surface area contributed by atoms with Crippen LogP contribution >= 0.6 is 11.6 Å². The topological polar surface area (TPSA) is 102 Å². The standard InChI is InChI=1S/C15H15ClN4O4/c1-9-17-14(24-18-9)10-4-6-19(7-5-10)15(21)12-3-2-11(16)8-13(12)20(22)23/h2-3,8,10H,4-7H2,1H3. The van der Waals surface area contributed by atoms with Crippen LogP contribution in [-0.2, 0) is 0 Å². The fourth-order valence-corrected chi connectivity index (χ4v) is 2.98. The summed E-state index contributed by atoms with van der Waals surface area (Å²) in [6.07, 6.45) is 1.35. The second kappa shape index (κ2) is 6.56. The fourth-order valence-electron chi connectivity index (χ4n) is 2.82. The van der Waals surface area contributed by atoms with Gasteiger partial charge in [0, 0.05) is 30.1 Å². The molecule has 1 saturated heterocycles. The Kier molecular flexibility index (Phi) is 4.48. The molecule has 9 heteroatoms. The van der Waals surface area contributed by atoms with Crippen LogP contribution in [0.25, 0.3) is 0 Å². The van der Waals surface area contributed by atoms with Gasteiger partial charge in [0.2, 0.25) is 5.89 Å². The number of rotatable bonds is 3. The third-order valence-corrected chi connectivity index (χ3v) is 4.30. The van der Waals surface area contributed by atoms with Gasteiger partial charge in [0.1, 0.15) is 5.56 Å². The summed E-state index contributed by atoms with van der Waals surface area (Å²) in [5.74, 6) is 0.909. The van der Waals surface area contributed by atoms with E-state index in [2.05, 4.69) is 10.1 Å². The average Bonchev–Trinajstić information content (AvgIpc) is 3.01. The van der Waals surface area contributed by atoms with Crippen LogP contribution < -0.4 is 0 Å². The van der Waals surface area contributed by atoms with Crippen LogP contribution in [0, 0.1) is 17.0 Å². The molecule has 1 fully saturated rings. The number of amides is 1. The third kappa shape index (κ3) is 3.23. The summed E-state index contributed by atoms with van der Waals surface area (Å²) in [5.41, 5.74) is -0.223. The molecule has 0 aliphatic carbocycles. The molecule has 0 N–H and O–H groups in total. The van der Waals surface area contributed by atoms with Gasteiger partial charge in [0.25, 0.3) is 11.6 Å². The second-order valence-corrected chi connectivity index (χ2v) is 6.10. The molecular weight excluding hydrogens is 336 g/mol. The van der Waals surface area contributed by atoms with Crippen molar-refractivity contribution < 1.29 is 14.2 Å². The number of benzene rings is 1. The van der Waals surface area contributed by atoms with Gasteiger partial charge in [-0.1, -0.05) is 16.8 Å². The van der Waals surface area contributed by atoms with E-state index in [1.807, 2.05) is 0 Å². The Morgan fingerprint density at radius 2 is 2.12 bits per heavy atom. The quantitative estimate of drug-likeness (QED) is 0.622. The lowest BCUT2D eigenvalue weighted by molar-refractivity contribution is -0.385. The molecule has 24 heavy (non-hydrogen) atoms. The van der Waals surface area contributed by atoms with E-state index in [-0.39, 0.29) is 28.1 Å². The first kappa shape index (κ1) is 16.4. The summed E-state index contributed by atoms with van der Waals surface area (Å²) in [5, 5.41) is 15.2. The Bertz CT molecular complexity index is 784. The molecule has 126 valence electrons. The van der Waals surface area contributed by atoms with E-state index < -0.39 is 4.92 Å². The van der Waals surface area contributed by atoms with Gasteiger partial charge in [-0.15, -0.1) is 0 Å². The summed E-state index contributed by atoms with van der Waals surface area (Å²) >= 11 is 5.79. The molecule has 0 atom stereocenters. The van der Waals surface area contributed by atoms with Crippen LogP contribution in [0.3, 0.4) is 0 Å². The Hall–Kier alpha value is -2.48. The average molecular weight is 351 g/mol. The minimum absolute atomic E-state index is 0.0523. The number of nitro benzene ring substituents is 1. The van der Waals surface area contributed by atoms with Crippen LogP contribution in [0.15, 0.2) is 22.7 Å². The number of halogens is 1. The largest absolute Gasteiger partial charge is 0.339 e. The van der Waals surface area contributed by atoms with Crippen LogP contribution in [0.1, 0.15) is 40.8 Å². The summed E-state index contributed by atoms with van der Waals surface area (Å²) in [7, 11) is 0. The molecular formula is C15H15ClN4O4. The molecule has 2 aromatic rings. The first-order valence-corrected chi connectivity index (χ1v) is 7.87. The predicted octanol–water partition coefficient (Wildman–Crippen LogP) is 2.96. The van der Waals surface area contributed by atoms with Gasteiger partial charge in [0.05, 0.1) is 4.92 Å². The van der Waals surface area contributed by atoms with E-state index >= 15 is 0 Å². The number of hydrogen-bond donors (Lipinski definition) is 0. The van der Waals surface area contributed by atoms with Crippen LogP contribution in [0.2, 0.25) is 5.02 Å².